The third-order valence-electron chi connectivity index (χ3n) is 5.73. The number of amides is 2. The Hall–Kier alpha value is -5.22. The summed E-state index contributed by atoms with van der Waals surface area (Å²) in [7, 11) is 3.86. The number of hydrazone groups is 1. The van der Waals surface area contributed by atoms with E-state index in [-0.39, 0.29) is 11.4 Å². The SMILES string of the molecule is CN(C)c1ccc(C=C(NC(=O)c2ccccc2)C(=O)NN=Cc2cc(Br)ccc2OC(=O)C=Cc2ccco2)cc1. The summed E-state index contributed by atoms with van der Waals surface area (Å²) in [5, 5.41) is 6.72. The first-order valence-electron chi connectivity index (χ1n) is 12.7. The Balaban J connectivity index is 1.51. The molecule has 0 fully saturated rings. The molecule has 0 aliphatic rings. The van der Waals surface area contributed by atoms with Crippen molar-refractivity contribution in [3.05, 3.63) is 130 Å². The number of esters is 1. The summed E-state index contributed by atoms with van der Waals surface area (Å²) in [6.07, 6.45) is 7.12. The first-order valence-corrected chi connectivity index (χ1v) is 13.5. The number of furan rings is 1. The van der Waals surface area contributed by atoms with Gasteiger partial charge in [-0.3, -0.25) is 9.59 Å². The Morgan fingerprint density at radius 3 is 2.40 bits per heavy atom. The molecule has 10 heteroatoms. The van der Waals surface area contributed by atoms with Gasteiger partial charge in [0, 0.05) is 41.5 Å². The second-order valence-corrected chi connectivity index (χ2v) is 9.93. The van der Waals surface area contributed by atoms with Gasteiger partial charge in [0.05, 0.1) is 12.5 Å². The van der Waals surface area contributed by atoms with E-state index in [1.807, 2.05) is 43.3 Å². The van der Waals surface area contributed by atoms with E-state index in [2.05, 4.69) is 31.8 Å². The minimum Gasteiger partial charge on any atom is -0.465 e. The number of hydrogen-bond donors (Lipinski definition) is 2. The minimum atomic E-state index is -0.651. The number of nitrogens with zero attached hydrogens (tertiary/aromatic N) is 2. The highest BCUT2D eigenvalue weighted by Gasteiger charge is 2.15. The predicted octanol–water partition coefficient (Wildman–Crippen LogP) is 5.65. The van der Waals surface area contributed by atoms with Crippen LogP contribution in [0, 0.1) is 0 Å². The number of halogens is 1. The molecule has 4 aromatic rings. The van der Waals surface area contributed by atoms with Crippen LogP contribution in [0.1, 0.15) is 27.2 Å². The van der Waals surface area contributed by atoms with Crippen LogP contribution in [-0.4, -0.2) is 38.1 Å². The molecule has 1 heterocycles. The molecular weight excluding hydrogens is 600 g/mol. The highest BCUT2D eigenvalue weighted by Crippen LogP contribution is 2.22. The molecule has 0 radical (unpaired) electrons. The number of anilines is 1. The molecule has 0 saturated carbocycles. The number of rotatable bonds is 10. The second kappa shape index (κ2) is 14.4. The molecular formula is C32H27BrN4O5. The van der Waals surface area contributed by atoms with E-state index in [4.69, 9.17) is 9.15 Å². The highest BCUT2D eigenvalue weighted by molar-refractivity contribution is 9.10. The molecule has 4 rings (SSSR count). The van der Waals surface area contributed by atoms with Gasteiger partial charge in [0.1, 0.15) is 17.2 Å². The van der Waals surface area contributed by atoms with Crippen LogP contribution < -0.4 is 20.4 Å². The van der Waals surface area contributed by atoms with Crippen molar-refractivity contribution in [2.24, 2.45) is 5.10 Å². The first-order chi connectivity index (χ1) is 20.3. The molecule has 0 aliphatic heterocycles. The lowest BCUT2D eigenvalue weighted by Crippen LogP contribution is -2.32. The van der Waals surface area contributed by atoms with E-state index in [0.717, 1.165) is 5.69 Å². The summed E-state index contributed by atoms with van der Waals surface area (Å²) >= 11 is 3.39. The van der Waals surface area contributed by atoms with E-state index in [1.54, 1.807) is 66.7 Å². The molecule has 0 aliphatic carbocycles. The maximum atomic E-state index is 13.2. The fraction of sp³-hybridized carbons (Fsp3) is 0.0625. The lowest BCUT2D eigenvalue weighted by molar-refractivity contribution is -0.129. The van der Waals surface area contributed by atoms with Gasteiger partial charge in [-0.2, -0.15) is 5.10 Å². The van der Waals surface area contributed by atoms with Crippen molar-refractivity contribution in [3.63, 3.8) is 0 Å². The largest absolute Gasteiger partial charge is 0.465 e. The third-order valence-corrected chi connectivity index (χ3v) is 6.22. The van der Waals surface area contributed by atoms with Gasteiger partial charge in [0.2, 0.25) is 0 Å². The zero-order chi connectivity index (χ0) is 29.9. The number of nitrogens with one attached hydrogen (secondary N) is 2. The maximum absolute atomic E-state index is 13.2. The average Bonchev–Trinajstić information content (AvgIpc) is 3.51. The monoisotopic (exact) mass is 626 g/mol. The number of carbonyl (C=O) groups is 3. The number of ether oxygens (including phenoxy) is 1. The second-order valence-electron chi connectivity index (χ2n) is 9.02. The van der Waals surface area contributed by atoms with E-state index < -0.39 is 17.8 Å². The van der Waals surface area contributed by atoms with Gasteiger partial charge in [-0.05, 0) is 72.3 Å². The van der Waals surface area contributed by atoms with Crippen LogP contribution in [0.2, 0.25) is 0 Å². The van der Waals surface area contributed by atoms with Crippen molar-refractivity contribution >= 4 is 57.8 Å². The summed E-state index contributed by atoms with van der Waals surface area (Å²) in [4.78, 5) is 40.3. The number of hydrogen-bond acceptors (Lipinski definition) is 7. The van der Waals surface area contributed by atoms with Crippen molar-refractivity contribution < 1.29 is 23.5 Å². The molecule has 2 amide bonds. The van der Waals surface area contributed by atoms with Gasteiger partial charge < -0.3 is 19.4 Å². The summed E-state index contributed by atoms with van der Waals surface area (Å²) in [5.41, 5.74) is 4.92. The molecule has 0 bridgehead atoms. The van der Waals surface area contributed by atoms with Crippen molar-refractivity contribution in [3.8, 4) is 5.75 Å². The van der Waals surface area contributed by atoms with Crippen LogP contribution >= 0.6 is 15.9 Å². The molecule has 3 aromatic carbocycles. The van der Waals surface area contributed by atoms with E-state index in [1.165, 1.54) is 24.6 Å². The Morgan fingerprint density at radius 2 is 1.71 bits per heavy atom. The fourth-order valence-electron chi connectivity index (χ4n) is 3.59. The average molecular weight is 627 g/mol. The van der Waals surface area contributed by atoms with Crippen LogP contribution in [0.5, 0.6) is 5.75 Å². The number of carbonyl (C=O) groups excluding carboxylic acids is 3. The van der Waals surface area contributed by atoms with Crippen LogP contribution in [-0.2, 0) is 9.59 Å². The van der Waals surface area contributed by atoms with Crippen LogP contribution in [0.15, 0.2) is 117 Å². The smallest absolute Gasteiger partial charge is 0.336 e. The van der Waals surface area contributed by atoms with E-state index >= 15 is 0 Å². The van der Waals surface area contributed by atoms with Crippen LogP contribution in [0.3, 0.4) is 0 Å². The lowest BCUT2D eigenvalue weighted by Gasteiger charge is -2.13. The van der Waals surface area contributed by atoms with Gasteiger partial charge in [-0.25, -0.2) is 10.2 Å². The zero-order valence-corrected chi connectivity index (χ0v) is 24.4. The topological polar surface area (TPSA) is 113 Å². The molecule has 212 valence electrons. The maximum Gasteiger partial charge on any atom is 0.336 e. The standard InChI is InChI=1S/C32H27BrN4O5/c1-37(2)26-13-10-22(11-14-26)19-28(35-31(39)23-7-4-3-5-8-23)32(40)36-34-21-24-20-25(33)12-16-29(24)42-30(38)17-15-27-9-6-18-41-27/h3-21H,1-2H3,(H,35,39)(H,36,40). The molecule has 0 saturated heterocycles. The van der Waals surface area contributed by atoms with Gasteiger partial charge in [0.15, 0.2) is 0 Å². The summed E-state index contributed by atoms with van der Waals surface area (Å²) in [5.74, 6) is -0.998. The Bertz CT molecular complexity index is 1630. The first kappa shape index (κ1) is 29.8. The normalized spacial score (nSPS) is 11.5. The Kier molecular flexibility index (Phi) is 10.2. The Morgan fingerprint density at radius 1 is 0.952 bits per heavy atom. The Labute approximate surface area is 251 Å². The molecule has 42 heavy (non-hydrogen) atoms. The fourth-order valence-corrected chi connectivity index (χ4v) is 3.97. The highest BCUT2D eigenvalue weighted by atomic mass is 79.9. The molecule has 0 unspecified atom stereocenters. The molecule has 0 atom stereocenters. The van der Waals surface area contributed by atoms with Gasteiger partial charge in [-0.1, -0.05) is 46.3 Å². The minimum absolute atomic E-state index is 0.0115. The summed E-state index contributed by atoms with van der Waals surface area (Å²) in [6, 6.07) is 24.4. The van der Waals surface area contributed by atoms with Gasteiger partial charge >= 0.3 is 5.97 Å². The molecule has 1 aromatic heterocycles. The third kappa shape index (κ3) is 8.64. The molecule has 9 nitrogen and oxygen atoms in total. The predicted molar refractivity (Wildman–Crippen MR) is 166 cm³/mol. The molecule has 0 spiro atoms. The van der Waals surface area contributed by atoms with E-state index in [9.17, 15) is 14.4 Å². The van der Waals surface area contributed by atoms with Crippen molar-refractivity contribution in [2.75, 3.05) is 19.0 Å². The van der Waals surface area contributed by atoms with Gasteiger partial charge in [0.25, 0.3) is 11.8 Å². The van der Waals surface area contributed by atoms with Crippen LogP contribution in [0.4, 0.5) is 5.69 Å². The van der Waals surface area contributed by atoms with Crippen LogP contribution in [0.25, 0.3) is 12.2 Å². The number of benzene rings is 3. The van der Waals surface area contributed by atoms with Gasteiger partial charge in [-0.15, -0.1) is 0 Å². The molecule has 2 N–H and O–H groups in total. The van der Waals surface area contributed by atoms with Crippen molar-refractivity contribution in [1.29, 1.82) is 0 Å². The zero-order valence-electron chi connectivity index (χ0n) is 22.8. The summed E-state index contributed by atoms with van der Waals surface area (Å²) in [6.45, 7) is 0. The van der Waals surface area contributed by atoms with Crippen molar-refractivity contribution in [2.45, 2.75) is 0 Å². The summed E-state index contributed by atoms with van der Waals surface area (Å²) < 4.78 is 11.3. The lowest BCUT2D eigenvalue weighted by atomic mass is 10.1. The van der Waals surface area contributed by atoms with Crippen molar-refractivity contribution in [1.82, 2.24) is 10.7 Å². The quantitative estimate of drug-likeness (QED) is 0.0773. The van der Waals surface area contributed by atoms with E-state index in [0.29, 0.717) is 26.9 Å².